The Hall–Kier alpha value is -2.71. The summed E-state index contributed by atoms with van der Waals surface area (Å²) in [6.45, 7) is 3.63. The van der Waals surface area contributed by atoms with Gasteiger partial charge in [0.15, 0.2) is 5.82 Å². The summed E-state index contributed by atoms with van der Waals surface area (Å²) in [4.78, 5) is 22.3. The van der Waals surface area contributed by atoms with Crippen LogP contribution in [-0.4, -0.2) is 52.7 Å². The first-order valence-corrected chi connectivity index (χ1v) is 9.60. The highest BCUT2D eigenvalue weighted by Crippen LogP contribution is 2.20. The number of nitrogens with one attached hydrogen (secondary N) is 2. The van der Waals surface area contributed by atoms with Gasteiger partial charge in [-0.1, -0.05) is 23.4 Å². The van der Waals surface area contributed by atoms with Crippen molar-refractivity contribution >= 4 is 16.8 Å². The normalized spacial score (nSPS) is 15.9. The van der Waals surface area contributed by atoms with E-state index in [0.717, 1.165) is 36.8 Å². The standard InChI is InChI=1S/C20H25N5O3/c1-27-13-18-23-19(28-24-18)12-25-8-6-14(7-9-25)10-22-20(26)16-11-21-17-5-3-2-4-15(16)17/h2-5,11,14,21H,6-10,12-13H2,1H3,(H,22,26). The first kappa shape index (κ1) is 18.6. The number of ether oxygens (including phenoxy) is 1. The van der Waals surface area contributed by atoms with E-state index in [-0.39, 0.29) is 5.91 Å². The van der Waals surface area contributed by atoms with E-state index >= 15 is 0 Å². The Morgan fingerprint density at radius 3 is 3.00 bits per heavy atom. The molecule has 3 heterocycles. The number of likely N-dealkylation sites (tertiary alicyclic amines) is 1. The van der Waals surface area contributed by atoms with Crippen molar-refractivity contribution in [1.82, 2.24) is 25.3 Å². The maximum atomic E-state index is 12.5. The molecule has 1 aromatic carbocycles. The number of benzene rings is 1. The third kappa shape index (κ3) is 4.23. The molecule has 0 saturated carbocycles. The van der Waals surface area contributed by atoms with Crippen LogP contribution < -0.4 is 5.32 Å². The highest BCUT2D eigenvalue weighted by Gasteiger charge is 2.22. The molecule has 28 heavy (non-hydrogen) atoms. The second-order valence-corrected chi connectivity index (χ2v) is 7.21. The van der Waals surface area contributed by atoms with Crippen LogP contribution in [0.4, 0.5) is 0 Å². The zero-order chi connectivity index (χ0) is 19.3. The van der Waals surface area contributed by atoms with Crippen LogP contribution in [0, 0.1) is 5.92 Å². The second kappa shape index (κ2) is 8.53. The molecule has 1 aliphatic rings. The lowest BCUT2D eigenvalue weighted by molar-refractivity contribution is 0.0935. The number of hydrogen-bond donors (Lipinski definition) is 2. The molecule has 1 amide bonds. The number of aromatic amines is 1. The number of methoxy groups -OCH3 is 1. The van der Waals surface area contributed by atoms with E-state index in [1.165, 1.54) is 0 Å². The van der Waals surface area contributed by atoms with Crippen molar-refractivity contribution in [2.75, 3.05) is 26.7 Å². The minimum absolute atomic E-state index is 0.0172. The zero-order valence-corrected chi connectivity index (χ0v) is 16.0. The van der Waals surface area contributed by atoms with Gasteiger partial charge in [-0.05, 0) is 37.9 Å². The molecular formula is C20H25N5O3. The first-order valence-electron chi connectivity index (χ1n) is 9.60. The molecule has 4 rings (SSSR count). The minimum atomic E-state index is -0.0172. The Morgan fingerprint density at radius 2 is 2.18 bits per heavy atom. The van der Waals surface area contributed by atoms with Gasteiger partial charge in [0.25, 0.3) is 5.91 Å². The number of aromatic nitrogens is 3. The van der Waals surface area contributed by atoms with Crippen LogP contribution in [0.15, 0.2) is 35.0 Å². The lowest BCUT2D eigenvalue weighted by Crippen LogP contribution is -2.38. The maximum Gasteiger partial charge on any atom is 0.253 e. The Kier molecular flexibility index (Phi) is 5.68. The Labute approximate surface area is 163 Å². The minimum Gasteiger partial charge on any atom is -0.377 e. The van der Waals surface area contributed by atoms with E-state index in [0.29, 0.717) is 42.9 Å². The highest BCUT2D eigenvalue weighted by molar-refractivity contribution is 6.06. The predicted molar refractivity (Wildman–Crippen MR) is 104 cm³/mol. The van der Waals surface area contributed by atoms with Gasteiger partial charge in [-0.25, -0.2) is 0 Å². The fourth-order valence-electron chi connectivity index (χ4n) is 3.67. The van der Waals surface area contributed by atoms with Gasteiger partial charge in [0, 0.05) is 30.8 Å². The van der Waals surface area contributed by atoms with Crippen LogP contribution in [0.25, 0.3) is 10.9 Å². The SMILES string of the molecule is COCc1noc(CN2CCC(CNC(=O)c3c[nH]c4ccccc34)CC2)n1. The molecule has 1 aliphatic heterocycles. The summed E-state index contributed by atoms with van der Waals surface area (Å²) < 4.78 is 10.3. The summed E-state index contributed by atoms with van der Waals surface area (Å²) in [6, 6.07) is 7.85. The van der Waals surface area contributed by atoms with Crippen molar-refractivity contribution in [3.05, 3.63) is 47.7 Å². The molecule has 0 radical (unpaired) electrons. The van der Waals surface area contributed by atoms with E-state index < -0.39 is 0 Å². The molecule has 0 aliphatic carbocycles. The van der Waals surface area contributed by atoms with Gasteiger partial charge in [-0.3, -0.25) is 9.69 Å². The lowest BCUT2D eigenvalue weighted by atomic mass is 9.96. The molecule has 8 nitrogen and oxygen atoms in total. The van der Waals surface area contributed by atoms with Gasteiger partial charge < -0.3 is 19.6 Å². The molecule has 2 aromatic heterocycles. The van der Waals surface area contributed by atoms with E-state index in [4.69, 9.17) is 9.26 Å². The monoisotopic (exact) mass is 383 g/mol. The van der Waals surface area contributed by atoms with Crippen LogP contribution in [-0.2, 0) is 17.9 Å². The number of piperidine rings is 1. The van der Waals surface area contributed by atoms with Gasteiger partial charge in [-0.2, -0.15) is 4.98 Å². The third-order valence-electron chi connectivity index (χ3n) is 5.23. The van der Waals surface area contributed by atoms with E-state index in [2.05, 4.69) is 25.3 Å². The lowest BCUT2D eigenvalue weighted by Gasteiger charge is -2.30. The smallest absolute Gasteiger partial charge is 0.253 e. The zero-order valence-electron chi connectivity index (χ0n) is 16.0. The predicted octanol–water partition coefficient (Wildman–Crippen LogP) is 2.34. The average molecular weight is 383 g/mol. The van der Waals surface area contributed by atoms with Crippen LogP contribution >= 0.6 is 0 Å². The van der Waals surface area contributed by atoms with Crippen molar-refractivity contribution in [3.8, 4) is 0 Å². The molecule has 3 aromatic rings. The molecular weight excluding hydrogens is 358 g/mol. The Morgan fingerprint density at radius 1 is 1.36 bits per heavy atom. The molecule has 0 unspecified atom stereocenters. The third-order valence-corrected chi connectivity index (χ3v) is 5.23. The number of para-hydroxylation sites is 1. The molecule has 0 atom stereocenters. The summed E-state index contributed by atoms with van der Waals surface area (Å²) in [6.07, 6.45) is 3.85. The summed E-state index contributed by atoms with van der Waals surface area (Å²) >= 11 is 0. The number of H-pyrrole nitrogens is 1. The number of fused-ring (bicyclic) bond motifs is 1. The Bertz CT molecular complexity index is 927. The number of hydrogen-bond acceptors (Lipinski definition) is 6. The number of nitrogens with zero attached hydrogens (tertiary/aromatic N) is 3. The summed E-state index contributed by atoms with van der Waals surface area (Å²) in [5.41, 5.74) is 1.69. The molecule has 2 N–H and O–H groups in total. The second-order valence-electron chi connectivity index (χ2n) is 7.21. The van der Waals surface area contributed by atoms with E-state index in [1.807, 2.05) is 24.3 Å². The molecule has 1 fully saturated rings. The van der Waals surface area contributed by atoms with Crippen molar-refractivity contribution < 1.29 is 14.1 Å². The highest BCUT2D eigenvalue weighted by atomic mass is 16.5. The summed E-state index contributed by atoms with van der Waals surface area (Å²) in [7, 11) is 1.61. The quantitative estimate of drug-likeness (QED) is 0.650. The topological polar surface area (TPSA) is 96.3 Å². The summed E-state index contributed by atoms with van der Waals surface area (Å²) in [5.74, 6) is 1.67. The first-order chi connectivity index (χ1) is 13.7. The van der Waals surface area contributed by atoms with Gasteiger partial charge in [0.2, 0.25) is 5.89 Å². The molecule has 0 spiro atoms. The van der Waals surface area contributed by atoms with Crippen molar-refractivity contribution in [3.63, 3.8) is 0 Å². The van der Waals surface area contributed by atoms with Gasteiger partial charge in [0.05, 0.1) is 12.1 Å². The van der Waals surface area contributed by atoms with E-state index in [1.54, 1.807) is 13.3 Å². The molecule has 1 saturated heterocycles. The number of amides is 1. The average Bonchev–Trinajstić information content (AvgIpc) is 3.34. The largest absolute Gasteiger partial charge is 0.377 e. The van der Waals surface area contributed by atoms with Crippen LogP contribution in [0.5, 0.6) is 0 Å². The number of carbonyl (C=O) groups is 1. The van der Waals surface area contributed by atoms with Crippen molar-refractivity contribution in [1.29, 1.82) is 0 Å². The Balaban J connectivity index is 1.23. The molecule has 0 bridgehead atoms. The van der Waals surface area contributed by atoms with Crippen molar-refractivity contribution in [2.45, 2.75) is 26.0 Å². The van der Waals surface area contributed by atoms with E-state index in [9.17, 15) is 4.79 Å². The van der Waals surface area contributed by atoms with Crippen LogP contribution in [0.2, 0.25) is 0 Å². The number of rotatable bonds is 7. The van der Waals surface area contributed by atoms with Crippen LogP contribution in [0.1, 0.15) is 34.9 Å². The van der Waals surface area contributed by atoms with Gasteiger partial charge >= 0.3 is 0 Å². The van der Waals surface area contributed by atoms with Crippen molar-refractivity contribution in [2.24, 2.45) is 5.92 Å². The fourth-order valence-corrected chi connectivity index (χ4v) is 3.67. The maximum absolute atomic E-state index is 12.5. The molecule has 148 valence electrons. The van der Waals surface area contributed by atoms with Gasteiger partial charge in [-0.15, -0.1) is 0 Å². The fraction of sp³-hybridized carbons (Fsp3) is 0.450. The number of carbonyl (C=O) groups excluding carboxylic acids is 1. The molecule has 8 heteroatoms. The summed E-state index contributed by atoms with van der Waals surface area (Å²) in [5, 5.41) is 7.95. The van der Waals surface area contributed by atoms with Gasteiger partial charge in [0.1, 0.15) is 6.61 Å². The van der Waals surface area contributed by atoms with Crippen LogP contribution in [0.3, 0.4) is 0 Å².